The van der Waals surface area contributed by atoms with Gasteiger partial charge in [-0.3, -0.25) is 0 Å². The van der Waals surface area contributed by atoms with Gasteiger partial charge in [-0.2, -0.15) is 0 Å². The third-order valence-electron chi connectivity index (χ3n) is 5.16. The first-order valence-corrected chi connectivity index (χ1v) is 9.76. The number of rotatable bonds is 1. The molecule has 0 saturated carbocycles. The number of fused-ring (bicyclic) bond motifs is 3. The van der Waals surface area contributed by atoms with E-state index in [4.69, 9.17) is 0 Å². The average Bonchev–Trinajstić information content (AvgIpc) is 2.87. The van der Waals surface area contributed by atoms with Crippen molar-refractivity contribution in [1.82, 2.24) is 4.90 Å². The number of benzene rings is 1. The lowest BCUT2D eigenvalue weighted by atomic mass is 9.89. The summed E-state index contributed by atoms with van der Waals surface area (Å²) in [5, 5.41) is 3.83. The predicted octanol–water partition coefficient (Wildman–Crippen LogP) is 4.65. The number of nitrogens with one attached hydrogen (secondary N) is 1. The van der Waals surface area contributed by atoms with Crippen LogP contribution in [-0.2, 0) is 0 Å². The number of nitrogens with zero attached hydrogens (tertiary/aromatic N) is 1. The molecule has 0 aromatic heterocycles. The van der Waals surface area contributed by atoms with Crippen molar-refractivity contribution in [2.45, 2.75) is 54.9 Å². The summed E-state index contributed by atoms with van der Waals surface area (Å²) in [6.45, 7) is 6.03. The van der Waals surface area contributed by atoms with Crippen molar-refractivity contribution in [3.05, 3.63) is 29.8 Å². The Hall–Kier alpha value is -0.290. The molecule has 1 fully saturated rings. The predicted molar refractivity (Wildman–Crippen MR) is 99.6 cm³/mol. The molecule has 3 rings (SSSR count). The van der Waals surface area contributed by atoms with E-state index in [0.29, 0.717) is 12.0 Å². The van der Waals surface area contributed by atoms with Crippen LogP contribution in [0.25, 0.3) is 0 Å². The maximum Gasteiger partial charge on any atom is 0.0448 e. The van der Waals surface area contributed by atoms with Crippen molar-refractivity contribution >= 4 is 28.3 Å². The molecule has 0 amide bonds. The molecule has 0 bridgehead atoms. The molecule has 21 heavy (non-hydrogen) atoms. The van der Waals surface area contributed by atoms with Gasteiger partial charge < -0.3 is 10.2 Å². The molecule has 3 heteroatoms. The normalized spacial score (nSPS) is 30.9. The number of hydrogen-bond acceptors (Lipinski definition) is 2. The lowest BCUT2D eigenvalue weighted by Gasteiger charge is -2.27. The van der Waals surface area contributed by atoms with Crippen LogP contribution in [-0.4, -0.2) is 34.5 Å². The summed E-state index contributed by atoms with van der Waals surface area (Å²) in [4.78, 5) is 2.64. The van der Waals surface area contributed by atoms with Gasteiger partial charge in [0.1, 0.15) is 0 Å². The highest BCUT2D eigenvalue weighted by atomic mass is 127. The molecule has 1 N–H and O–H groups in total. The highest BCUT2D eigenvalue weighted by molar-refractivity contribution is 14.1. The van der Waals surface area contributed by atoms with Gasteiger partial charge in [-0.15, -0.1) is 0 Å². The largest absolute Gasteiger partial charge is 0.380 e. The van der Waals surface area contributed by atoms with E-state index < -0.39 is 0 Å². The topological polar surface area (TPSA) is 15.3 Å². The second kappa shape index (κ2) is 7.32. The highest BCUT2D eigenvalue weighted by Crippen LogP contribution is 2.42. The van der Waals surface area contributed by atoms with E-state index in [-0.39, 0.29) is 0 Å². The maximum atomic E-state index is 3.83. The van der Waals surface area contributed by atoms with Gasteiger partial charge in [0.05, 0.1) is 0 Å². The van der Waals surface area contributed by atoms with Crippen LogP contribution < -0.4 is 5.32 Å². The van der Waals surface area contributed by atoms with E-state index in [2.05, 4.69) is 64.0 Å². The Morgan fingerprint density at radius 1 is 1.14 bits per heavy atom. The number of halogens is 1. The fourth-order valence-electron chi connectivity index (χ4n) is 3.88. The van der Waals surface area contributed by atoms with Gasteiger partial charge in [0.2, 0.25) is 0 Å². The first-order chi connectivity index (χ1) is 10.3. The van der Waals surface area contributed by atoms with Gasteiger partial charge in [0, 0.05) is 21.6 Å². The van der Waals surface area contributed by atoms with Crippen molar-refractivity contribution in [1.29, 1.82) is 0 Å². The Balaban J connectivity index is 1.81. The molecule has 1 saturated heterocycles. The van der Waals surface area contributed by atoms with Crippen molar-refractivity contribution in [2.24, 2.45) is 0 Å². The standard InChI is InChI=1S/C18H27IN2/c1-2-21-12-7-3-4-9-16(19)18-15(11-13-21)14-8-5-6-10-17(14)20-18/h5-6,8,10,15-16,18,20H,2-4,7,9,11-13H2,1H3/t15?,16-,18?/m0/s1. The van der Waals surface area contributed by atoms with Gasteiger partial charge in [-0.05, 0) is 50.5 Å². The van der Waals surface area contributed by atoms with Gasteiger partial charge in [0.25, 0.3) is 0 Å². The zero-order chi connectivity index (χ0) is 14.7. The monoisotopic (exact) mass is 398 g/mol. The van der Waals surface area contributed by atoms with Crippen LogP contribution in [0, 0.1) is 0 Å². The van der Waals surface area contributed by atoms with E-state index in [1.54, 1.807) is 5.56 Å². The first kappa shape index (κ1) is 15.6. The van der Waals surface area contributed by atoms with Crippen LogP contribution in [0.2, 0.25) is 0 Å². The summed E-state index contributed by atoms with van der Waals surface area (Å²) in [6.07, 6.45) is 6.79. The number of alkyl halides is 1. The first-order valence-electron chi connectivity index (χ1n) is 8.51. The minimum Gasteiger partial charge on any atom is -0.380 e. The van der Waals surface area contributed by atoms with Crippen LogP contribution >= 0.6 is 22.6 Å². The zero-order valence-corrected chi connectivity index (χ0v) is 15.2. The second-order valence-electron chi connectivity index (χ2n) is 6.45. The highest BCUT2D eigenvalue weighted by Gasteiger charge is 2.35. The third-order valence-corrected chi connectivity index (χ3v) is 6.56. The molecule has 3 atom stereocenters. The van der Waals surface area contributed by atoms with E-state index >= 15 is 0 Å². The SMILES string of the molecule is CCN1CCCCC[C@H](I)C2Nc3ccccc3C2CC1. The van der Waals surface area contributed by atoms with E-state index in [9.17, 15) is 0 Å². The molecular formula is C18H27IN2. The summed E-state index contributed by atoms with van der Waals surface area (Å²) in [5.74, 6) is 0.690. The van der Waals surface area contributed by atoms with Crippen LogP contribution in [0.3, 0.4) is 0 Å². The van der Waals surface area contributed by atoms with Crippen molar-refractivity contribution in [2.75, 3.05) is 25.0 Å². The average molecular weight is 398 g/mol. The van der Waals surface area contributed by atoms with Crippen molar-refractivity contribution in [3.63, 3.8) is 0 Å². The number of para-hydroxylation sites is 1. The van der Waals surface area contributed by atoms with E-state index in [1.165, 1.54) is 57.4 Å². The molecule has 2 nitrogen and oxygen atoms in total. The molecule has 1 aromatic rings. The molecule has 0 spiro atoms. The molecule has 2 aliphatic rings. The molecular weight excluding hydrogens is 371 g/mol. The smallest absolute Gasteiger partial charge is 0.0448 e. The summed E-state index contributed by atoms with van der Waals surface area (Å²) >= 11 is 2.70. The Kier molecular flexibility index (Phi) is 5.43. The van der Waals surface area contributed by atoms with Crippen molar-refractivity contribution in [3.8, 4) is 0 Å². The molecule has 116 valence electrons. The van der Waals surface area contributed by atoms with Crippen LogP contribution in [0.1, 0.15) is 50.5 Å². The third kappa shape index (κ3) is 3.55. The second-order valence-corrected chi connectivity index (χ2v) is 8.05. The van der Waals surface area contributed by atoms with Crippen molar-refractivity contribution < 1.29 is 0 Å². The number of anilines is 1. The summed E-state index contributed by atoms with van der Waals surface area (Å²) in [5.41, 5.74) is 2.94. The lowest BCUT2D eigenvalue weighted by molar-refractivity contribution is 0.270. The minimum atomic E-state index is 0.625. The lowest BCUT2D eigenvalue weighted by Crippen LogP contribution is -2.33. The number of hydrogen-bond donors (Lipinski definition) is 1. The fourth-order valence-corrected chi connectivity index (χ4v) is 5.01. The minimum absolute atomic E-state index is 0.625. The molecule has 2 heterocycles. The summed E-state index contributed by atoms with van der Waals surface area (Å²) < 4.78 is 0.744. The van der Waals surface area contributed by atoms with E-state index in [0.717, 1.165) is 3.92 Å². The molecule has 1 aromatic carbocycles. The van der Waals surface area contributed by atoms with Gasteiger partial charge >= 0.3 is 0 Å². The van der Waals surface area contributed by atoms with Crippen LogP contribution in [0.5, 0.6) is 0 Å². The summed E-state index contributed by atoms with van der Waals surface area (Å²) in [7, 11) is 0. The van der Waals surface area contributed by atoms with Gasteiger partial charge in [-0.1, -0.05) is 60.6 Å². The van der Waals surface area contributed by atoms with Gasteiger partial charge in [-0.25, -0.2) is 0 Å². The van der Waals surface area contributed by atoms with Gasteiger partial charge in [0.15, 0.2) is 0 Å². The van der Waals surface area contributed by atoms with E-state index in [1.807, 2.05) is 0 Å². The molecule has 0 aliphatic carbocycles. The molecule has 0 radical (unpaired) electrons. The summed E-state index contributed by atoms with van der Waals surface area (Å²) in [6, 6.07) is 9.59. The zero-order valence-electron chi connectivity index (χ0n) is 13.0. The Morgan fingerprint density at radius 3 is 2.86 bits per heavy atom. The Morgan fingerprint density at radius 2 is 2.00 bits per heavy atom. The maximum absolute atomic E-state index is 3.83. The molecule has 2 unspecified atom stereocenters. The fraction of sp³-hybridized carbons (Fsp3) is 0.667. The Labute approximate surface area is 142 Å². The van der Waals surface area contributed by atoms with Crippen LogP contribution in [0.4, 0.5) is 5.69 Å². The molecule has 2 aliphatic heterocycles. The van der Waals surface area contributed by atoms with Crippen LogP contribution in [0.15, 0.2) is 24.3 Å². The quantitative estimate of drug-likeness (QED) is 0.547. The Bertz CT molecular complexity index is 462.